The summed E-state index contributed by atoms with van der Waals surface area (Å²) in [5.41, 5.74) is 1.15. The highest BCUT2D eigenvalue weighted by molar-refractivity contribution is 6.02. The maximum absolute atomic E-state index is 11.0. The Morgan fingerprint density at radius 3 is 2.31 bits per heavy atom. The lowest BCUT2D eigenvalue weighted by Crippen LogP contribution is -2.20. The molecule has 0 aliphatic heterocycles. The lowest BCUT2D eigenvalue weighted by molar-refractivity contribution is 0.0852. The van der Waals surface area contributed by atoms with Gasteiger partial charge in [-0.3, -0.25) is 0 Å². The van der Waals surface area contributed by atoms with E-state index in [1.807, 2.05) is 30.3 Å². The highest BCUT2D eigenvalue weighted by atomic mass is 16.7. The van der Waals surface area contributed by atoms with Crippen LogP contribution in [0.15, 0.2) is 67.3 Å². The SMILES string of the molecule is C=CCNCCC(COC(=O)O)c1c2ccccc2cc2ccccc12. The van der Waals surface area contributed by atoms with Gasteiger partial charge in [0.05, 0.1) is 0 Å². The molecule has 4 heteroatoms. The Kier molecular flexibility index (Phi) is 5.87. The van der Waals surface area contributed by atoms with Gasteiger partial charge in [-0.25, -0.2) is 4.79 Å². The minimum Gasteiger partial charge on any atom is -0.450 e. The van der Waals surface area contributed by atoms with Crippen molar-refractivity contribution < 1.29 is 14.6 Å². The molecule has 0 aliphatic carbocycles. The molecule has 3 rings (SSSR count). The van der Waals surface area contributed by atoms with Crippen molar-refractivity contribution in [3.8, 4) is 0 Å². The van der Waals surface area contributed by atoms with E-state index in [2.05, 4.69) is 42.2 Å². The molecular weight excluding hydrogens is 326 g/mol. The van der Waals surface area contributed by atoms with E-state index in [-0.39, 0.29) is 12.5 Å². The second-order valence-electron chi connectivity index (χ2n) is 6.29. The number of rotatable bonds is 8. The molecule has 0 bridgehead atoms. The summed E-state index contributed by atoms with van der Waals surface area (Å²) in [5, 5.41) is 16.9. The third-order valence-electron chi connectivity index (χ3n) is 4.59. The summed E-state index contributed by atoms with van der Waals surface area (Å²) in [6.45, 7) is 5.34. The standard InChI is InChI=1S/C22H23NO3/c1-2-12-23-13-11-18(15-26-22(24)25)21-19-9-5-3-7-16(19)14-17-8-4-6-10-20(17)21/h2-10,14,18,23H,1,11-13,15H2,(H,24,25). The zero-order valence-corrected chi connectivity index (χ0v) is 14.7. The number of nitrogens with one attached hydrogen (secondary N) is 1. The molecule has 3 aromatic rings. The number of fused-ring (bicyclic) bond motifs is 2. The average molecular weight is 349 g/mol. The van der Waals surface area contributed by atoms with E-state index in [0.717, 1.165) is 46.6 Å². The van der Waals surface area contributed by atoms with Crippen molar-refractivity contribution >= 4 is 27.7 Å². The first kappa shape index (κ1) is 18.0. The number of ether oxygens (including phenoxy) is 1. The summed E-state index contributed by atoms with van der Waals surface area (Å²) in [6.07, 6.45) is 1.36. The first-order valence-electron chi connectivity index (χ1n) is 8.78. The molecule has 4 nitrogen and oxygen atoms in total. The van der Waals surface area contributed by atoms with Gasteiger partial charge in [-0.2, -0.15) is 0 Å². The second kappa shape index (κ2) is 8.50. The Morgan fingerprint density at radius 2 is 1.73 bits per heavy atom. The van der Waals surface area contributed by atoms with Gasteiger partial charge in [0.1, 0.15) is 6.61 Å². The Hall–Kier alpha value is -2.85. The molecular formula is C22H23NO3. The Bertz CT molecular complexity index is 866. The van der Waals surface area contributed by atoms with Crippen molar-refractivity contribution in [3.63, 3.8) is 0 Å². The highest BCUT2D eigenvalue weighted by Gasteiger charge is 2.19. The maximum Gasteiger partial charge on any atom is 0.505 e. The van der Waals surface area contributed by atoms with Crippen molar-refractivity contribution in [2.45, 2.75) is 12.3 Å². The molecule has 3 aromatic carbocycles. The first-order valence-corrected chi connectivity index (χ1v) is 8.78. The number of carbonyl (C=O) groups is 1. The fourth-order valence-electron chi connectivity index (χ4n) is 3.45. The van der Waals surface area contributed by atoms with Gasteiger partial charge in [0.15, 0.2) is 0 Å². The van der Waals surface area contributed by atoms with E-state index in [0.29, 0.717) is 0 Å². The second-order valence-corrected chi connectivity index (χ2v) is 6.29. The minimum absolute atomic E-state index is 0.0283. The molecule has 0 aliphatic rings. The number of hydrogen-bond acceptors (Lipinski definition) is 3. The van der Waals surface area contributed by atoms with Crippen LogP contribution in [0.5, 0.6) is 0 Å². The van der Waals surface area contributed by atoms with Crippen LogP contribution in [0.1, 0.15) is 17.9 Å². The maximum atomic E-state index is 11.0. The molecule has 134 valence electrons. The highest BCUT2D eigenvalue weighted by Crippen LogP contribution is 2.35. The first-order chi connectivity index (χ1) is 12.7. The molecule has 0 saturated heterocycles. The quantitative estimate of drug-likeness (QED) is 0.262. The summed E-state index contributed by atoms with van der Waals surface area (Å²) in [7, 11) is 0. The molecule has 1 atom stereocenters. The number of hydrogen-bond donors (Lipinski definition) is 2. The molecule has 2 N–H and O–H groups in total. The molecule has 0 heterocycles. The van der Waals surface area contributed by atoms with Crippen LogP contribution in [-0.2, 0) is 4.74 Å². The molecule has 0 spiro atoms. The van der Waals surface area contributed by atoms with Crippen molar-refractivity contribution in [2.24, 2.45) is 0 Å². The summed E-state index contributed by atoms with van der Waals surface area (Å²) in [4.78, 5) is 11.0. The van der Waals surface area contributed by atoms with E-state index in [4.69, 9.17) is 9.84 Å². The van der Waals surface area contributed by atoms with Gasteiger partial charge in [0, 0.05) is 12.5 Å². The van der Waals surface area contributed by atoms with Gasteiger partial charge in [0.25, 0.3) is 0 Å². The van der Waals surface area contributed by atoms with Crippen LogP contribution in [0.2, 0.25) is 0 Å². The lowest BCUT2D eigenvalue weighted by atomic mass is 9.87. The average Bonchev–Trinajstić information content (AvgIpc) is 2.66. The molecule has 1 unspecified atom stereocenters. The molecule has 0 amide bonds. The predicted octanol–water partition coefficient (Wildman–Crippen LogP) is 4.94. The van der Waals surface area contributed by atoms with E-state index in [9.17, 15) is 4.79 Å². The predicted molar refractivity (Wildman–Crippen MR) is 106 cm³/mol. The zero-order valence-electron chi connectivity index (χ0n) is 14.7. The van der Waals surface area contributed by atoms with Crippen molar-refractivity contribution in [1.29, 1.82) is 0 Å². The Morgan fingerprint density at radius 1 is 1.12 bits per heavy atom. The van der Waals surface area contributed by atoms with Gasteiger partial charge in [-0.1, -0.05) is 54.6 Å². The largest absolute Gasteiger partial charge is 0.505 e. The molecule has 0 fully saturated rings. The fraction of sp³-hybridized carbons (Fsp3) is 0.227. The molecule has 0 saturated carbocycles. The number of carboxylic acid groups (broad SMARTS) is 1. The van der Waals surface area contributed by atoms with E-state index >= 15 is 0 Å². The van der Waals surface area contributed by atoms with Crippen LogP contribution in [-0.4, -0.2) is 31.0 Å². The normalized spacial score (nSPS) is 12.2. The van der Waals surface area contributed by atoms with Crippen molar-refractivity contribution in [3.05, 3.63) is 72.8 Å². The number of benzene rings is 3. The summed E-state index contributed by atoms with van der Waals surface area (Å²) < 4.78 is 4.98. The van der Waals surface area contributed by atoms with Crippen LogP contribution in [0.25, 0.3) is 21.5 Å². The van der Waals surface area contributed by atoms with Crippen molar-refractivity contribution in [1.82, 2.24) is 5.32 Å². The van der Waals surface area contributed by atoms with E-state index in [1.54, 1.807) is 0 Å². The molecule has 0 aromatic heterocycles. The third-order valence-corrected chi connectivity index (χ3v) is 4.59. The van der Waals surface area contributed by atoms with Gasteiger partial charge >= 0.3 is 6.16 Å². The Balaban J connectivity index is 2.08. The zero-order chi connectivity index (χ0) is 18.4. The van der Waals surface area contributed by atoms with E-state index in [1.165, 1.54) is 0 Å². The van der Waals surface area contributed by atoms with Gasteiger partial charge in [-0.15, -0.1) is 6.58 Å². The summed E-state index contributed by atoms with van der Waals surface area (Å²) in [5.74, 6) is -0.0283. The van der Waals surface area contributed by atoms with Crippen LogP contribution in [0, 0.1) is 0 Å². The smallest absolute Gasteiger partial charge is 0.450 e. The topological polar surface area (TPSA) is 58.6 Å². The van der Waals surface area contributed by atoms with Gasteiger partial charge in [-0.05, 0) is 46.1 Å². The lowest BCUT2D eigenvalue weighted by Gasteiger charge is -2.21. The van der Waals surface area contributed by atoms with Gasteiger partial charge < -0.3 is 15.2 Å². The summed E-state index contributed by atoms with van der Waals surface area (Å²) in [6, 6.07) is 18.7. The van der Waals surface area contributed by atoms with Gasteiger partial charge in [0.2, 0.25) is 0 Å². The molecule has 0 radical (unpaired) electrons. The van der Waals surface area contributed by atoms with Crippen molar-refractivity contribution in [2.75, 3.05) is 19.7 Å². The monoisotopic (exact) mass is 349 g/mol. The molecule has 26 heavy (non-hydrogen) atoms. The van der Waals surface area contributed by atoms with Crippen LogP contribution in [0.4, 0.5) is 4.79 Å². The fourth-order valence-corrected chi connectivity index (χ4v) is 3.45. The van der Waals surface area contributed by atoms with Crippen LogP contribution < -0.4 is 5.32 Å². The summed E-state index contributed by atoms with van der Waals surface area (Å²) >= 11 is 0. The van der Waals surface area contributed by atoms with E-state index < -0.39 is 6.16 Å². The third kappa shape index (κ3) is 4.03. The van der Waals surface area contributed by atoms with Crippen LogP contribution in [0.3, 0.4) is 0 Å². The van der Waals surface area contributed by atoms with Crippen LogP contribution >= 0.6 is 0 Å². The Labute approximate surface area is 153 Å². The minimum atomic E-state index is -1.24.